The first kappa shape index (κ1) is 15.8. The molecule has 0 amide bonds. The molecular formula is C18H14FN5O2. The molecule has 4 aromatic rings. The third-order valence-electron chi connectivity index (χ3n) is 3.81. The summed E-state index contributed by atoms with van der Waals surface area (Å²) < 4.78 is 20.3. The molecule has 0 saturated heterocycles. The lowest BCUT2D eigenvalue weighted by atomic mass is 10.3. The van der Waals surface area contributed by atoms with Gasteiger partial charge in [-0.1, -0.05) is 18.2 Å². The van der Waals surface area contributed by atoms with E-state index in [9.17, 15) is 9.18 Å². The van der Waals surface area contributed by atoms with E-state index >= 15 is 0 Å². The van der Waals surface area contributed by atoms with Gasteiger partial charge in [0.25, 0.3) is 5.56 Å². The largest absolute Gasteiger partial charge is 0.497 e. The van der Waals surface area contributed by atoms with Gasteiger partial charge in [-0.05, 0) is 18.2 Å². The summed E-state index contributed by atoms with van der Waals surface area (Å²) in [4.78, 5) is 19.4. The number of ether oxygens (including phenoxy) is 1. The van der Waals surface area contributed by atoms with Crippen molar-refractivity contribution < 1.29 is 9.13 Å². The normalized spacial score (nSPS) is 10.8. The van der Waals surface area contributed by atoms with Gasteiger partial charge in [0.2, 0.25) is 5.95 Å². The minimum Gasteiger partial charge on any atom is -0.497 e. The van der Waals surface area contributed by atoms with E-state index in [1.54, 1.807) is 10.7 Å². The van der Waals surface area contributed by atoms with Crippen LogP contribution >= 0.6 is 0 Å². The van der Waals surface area contributed by atoms with Crippen molar-refractivity contribution >= 4 is 22.7 Å². The summed E-state index contributed by atoms with van der Waals surface area (Å²) >= 11 is 0. The smallest absolute Gasteiger partial charge is 0.263 e. The van der Waals surface area contributed by atoms with Crippen molar-refractivity contribution in [2.24, 2.45) is 0 Å². The molecule has 0 unspecified atom stereocenters. The first-order chi connectivity index (χ1) is 12.6. The van der Waals surface area contributed by atoms with E-state index in [0.717, 1.165) is 5.69 Å². The number of methoxy groups -OCH3 is 1. The summed E-state index contributed by atoms with van der Waals surface area (Å²) in [5.41, 5.74) is 1.22. The number of H-pyrrole nitrogens is 1. The van der Waals surface area contributed by atoms with Gasteiger partial charge in [-0.2, -0.15) is 10.1 Å². The van der Waals surface area contributed by atoms with Gasteiger partial charge in [0, 0.05) is 17.8 Å². The van der Waals surface area contributed by atoms with E-state index in [1.807, 2.05) is 30.3 Å². The number of aromatic nitrogens is 4. The second kappa shape index (κ2) is 6.32. The highest BCUT2D eigenvalue weighted by Gasteiger charge is 2.12. The van der Waals surface area contributed by atoms with Crippen LogP contribution in [0.3, 0.4) is 0 Å². The van der Waals surface area contributed by atoms with Crippen molar-refractivity contribution in [3.05, 3.63) is 70.9 Å². The van der Waals surface area contributed by atoms with E-state index in [2.05, 4.69) is 20.4 Å². The van der Waals surface area contributed by atoms with E-state index in [4.69, 9.17) is 4.74 Å². The lowest BCUT2D eigenvalue weighted by Crippen LogP contribution is -2.11. The van der Waals surface area contributed by atoms with Gasteiger partial charge in [-0.25, -0.2) is 9.07 Å². The van der Waals surface area contributed by atoms with Crippen LogP contribution in [0.15, 0.2) is 59.5 Å². The highest BCUT2D eigenvalue weighted by atomic mass is 19.1. The number of aromatic amines is 1. The molecule has 0 fully saturated rings. The van der Waals surface area contributed by atoms with Gasteiger partial charge in [0.05, 0.1) is 19.0 Å². The average molecular weight is 351 g/mol. The molecular weight excluding hydrogens is 337 g/mol. The van der Waals surface area contributed by atoms with Gasteiger partial charge >= 0.3 is 0 Å². The molecule has 130 valence electrons. The SMILES string of the molecule is COc1cc(F)cc(Nc2nc3c(cnn3-c3ccccc3)c(=O)[nH]2)c1. The maximum Gasteiger partial charge on any atom is 0.263 e. The monoisotopic (exact) mass is 351 g/mol. The van der Waals surface area contributed by atoms with Gasteiger partial charge < -0.3 is 10.1 Å². The second-order valence-corrected chi connectivity index (χ2v) is 5.55. The first-order valence-electron chi connectivity index (χ1n) is 7.79. The Bertz CT molecular complexity index is 1140. The summed E-state index contributed by atoms with van der Waals surface area (Å²) in [7, 11) is 1.45. The maximum atomic E-state index is 13.7. The molecule has 8 heteroatoms. The minimum atomic E-state index is -0.468. The van der Waals surface area contributed by atoms with Crippen LogP contribution in [-0.2, 0) is 0 Å². The fourth-order valence-electron chi connectivity index (χ4n) is 2.63. The van der Waals surface area contributed by atoms with Crippen LogP contribution < -0.4 is 15.6 Å². The lowest BCUT2D eigenvalue weighted by Gasteiger charge is -2.08. The Hall–Kier alpha value is -3.68. The third-order valence-corrected chi connectivity index (χ3v) is 3.81. The molecule has 0 aliphatic heterocycles. The summed E-state index contributed by atoms with van der Waals surface area (Å²) in [6.07, 6.45) is 1.46. The topological polar surface area (TPSA) is 84.8 Å². The zero-order valence-electron chi connectivity index (χ0n) is 13.7. The molecule has 2 aromatic carbocycles. The number of nitrogens with zero attached hydrogens (tertiary/aromatic N) is 3. The molecule has 2 heterocycles. The number of para-hydroxylation sites is 1. The van der Waals surface area contributed by atoms with Crippen LogP contribution in [0.1, 0.15) is 0 Å². The Labute approximate surface area is 147 Å². The molecule has 2 aromatic heterocycles. The predicted octanol–water partition coefficient (Wildman–Crippen LogP) is 3.00. The quantitative estimate of drug-likeness (QED) is 0.590. The maximum absolute atomic E-state index is 13.7. The Kier molecular flexibility index (Phi) is 3.85. The Balaban J connectivity index is 1.80. The van der Waals surface area contributed by atoms with Crippen LogP contribution in [0.4, 0.5) is 16.0 Å². The number of hydrogen-bond acceptors (Lipinski definition) is 5. The number of fused-ring (bicyclic) bond motifs is 1. The van der Waals surface area contributed by atoms with Crippen molar-refractivity contribution in [1.29, 1.82) is 0 Å². The van der Waals surface area contributed by atoms with E-state index < -0.39 is 5.82 Å². The number of nitrogens with one attached hydrogen (secondary N) is 2. The number of anilines is 2. The molecule has 0 atom stereocenters. The minimum absolute atomic E-state index is 0.174. The molecule has 7 nitrogen and oxygen atoms in total. The Morgan fingerprint density at radius 2 is 2.00 bits per heavy atom. The van der Waals surface area contributed by atoms with Gasteiger partial charge in [-0.3, -0.25) is 9.78 Å². The summed E-state index contributed by atoms with van der Waals surface area (Å²) in [5.74, 6) is 0.0580. The average Bonchev–Trinajstić information content (AvgIpc) is 3.06. The van der Waals surface area contributed by atoms with Crippen molar-refractivity contribution in [2.45, 2.75) is 0 Å². The fourth-order valence-corrected chi connectivity index (χ4v) is 2.63. The number of halogens is 1. The fraction of sp³-hybridized carbons (Fsp3) is 0.0556. The third kappa shape index (κ3) is 2.88. The van der Waals surface area contributed by atoms with E-state index in [-0.39, 0.29) is 11.5 Å². The Morgan fingerprint density at radius 3 is 2.77 bits per heavy atom. The van der Waals surface area contributed by atoms with Gasteiger partial charge in [-0.15, -0.1) is 0 Å². The molecule has 0 aliphatic carbocycles. The lowest BCUT2D eigenvalue weighted by molar-refractivity contribution is 0.411. The summed E-state index contributed by atoms with van der Waals surface area (Å²) in [6, 6.07) is 13.5. The van der Waals surface area contributed by atoms with Crippen LogP contribution in [0.5, 0.6) is 5.75 Å². The molecule has 2 N–H and O–H groups in total. The second-order valence-electron chi connectivity index (χ2n) is 5.55. The number of rotatable bonds is 4. The van der Waals surface area contributed by atoms with Crippen LogP contribution in [0.25, 0.3) is 16.7 Å². The highest BCUT2D eigenvalue weighted by molar-refractivity contribution is 5.76. The van der Waals surface area contributed by atoms with E-state index in [1.165, 1.54) is 25.4 Å². The van der Waals surface area contributed by atoms with Crippen molar-refractivity contribution in [3.63, 3.8) is 0 Å². The van der Waals surface area contributed by atoms with Crippen LogP contribution in [0, 0.1) is 5.82 Å². The van der Waals surface area contributed by atoms with Crippen molar-refractivity contribution in [3.8, 4) is 11.4 Å². The van der Waals surface area contributed by atoms with Gasteiger partial charge in [0.15, 0.2) is 5.65 Å². The highest BCUT2D eigenvalue weighted by Crippen LogP contribution is 2.22. The molecule has 0 saturated carbocycles. The van der Waals surface area contributed by atoms with Crippen LogP contribution in [0.2, 0.25) is 0 Å². The number of benzene rings is 2. The zero-order chi connectivity index (χ0) is 18.1. The van der Waals surface area contributed by atoms with Gasteiger partial charge in [0.1, 0.15) is 17.0 Å². The molecule has 0 radical (unpaired) electrons. The predicted molar refractivity (Wildman–Crippen MR) is 95.7 cm³/mol. The molecule has 26 heavy (non-hydrogen) atoms. The molecule has 4 rings (SSSR count). The number of hydrogen-bond donors (Lipinski definition) is 2. The van der Waals surface area contributed by atoms with E-state index in [0.29, 0.717) is 22.5 Å². The molecule has 0 spiro atoms. The summed E-state index contributed by atoms with van der Waals surface area (Å²) in [5, 5.41) is 7.49. The van der Waals surface area contributed by atoms with Crippen molar-refractivity contribution in [2.75, 3.05) is 12.4 Å². The van der Waals surface area contributed by atoms with Crippen LogP contribution in [-0.4, -0.2) is 26.9 Å². The summed E-state index contributed by atoms with van der Waals surface area (Å²) in [6.45, 7) is 0. The zero-order valence-corrected chi connectivity index (χ0v) is 13.7. The Morgan fingerprint density at radius 1 is 1.19 bits per heavy atom. The van der Waals surface area contributed by atoms with Crippen molar-refractivity contribution in [1.82, 2.24) is 19.7 Å². The molecule has 0 bridgehead atoms. The molecule has 0 aliphatic rings. The standard InChI is InChI=1S/C18H14FN5O2/c1-26-14-8-11(19)7-12(9-14)21-18-22-16-15(17(25)23-18)10-20-24(16)13-5-3-2-4-6-13/h2-10H,1H3,(H2,21,22,23,25). The first-order valence-corrected chi connectivity index (χ1v) is 7.79.